The maximum Gasteiger partial charge on any atom is 0.246 e. The zero-order valence-electron chi connectivity index (χ0n) is 18.1. The van der Waals surface area contributed by atoms with Crippen molar-refractivity contribution in [1.82, 2.24) is 10.6 Å². The summed E-state index contributed by atoms with van der Waals surface area (Å²) in [6.45, 7) is 9.61. The summed E-state index contributed by atoms with van der Waals surface area (Å²) in [6, 6.07) is 5.42. The Kier molecular flexibility index (Phi) is 9.14. The topological polar surface area (TPSA) is 122 Å². The molecule has 162 valence electrons. The van der Waals surface area contributed by atoms with Crippen molar-refractivity contribution in [3.8, 4) is 5.75 Å². The first-order valence-electron chi connectivity index (χ1n) is 10.2. The fourth-order valence-corrected chi connectivity index (χ4v) is 3.24. The minimum absolute atomic E-state index is 0.113. The number of nitrogens with one attached hydrogen (secondary N) is 2. The van der Waals surface area contributed by atoms with Gasteiger partial charge in [-0.15, -0.1) is 0 Å². The molecule has 29 heavy (non-hydrogen) atoms. The zero-order chi connectivity index (χ0) is 22.2. The molecule has 5 N–H and O–H groups in total. The van der Waals surface area contributed by atoms with Crippen LogP contribution in [0.2, 0.25) is 0 Å². The number of aromatic hydroxyl groups is 1. The molecule has 0 heterocycles. The van der Waals surface area contributed by atoms with Gasteiger partial charge in [0, 0.05) is 12.8 Å². The van der Waals surface area contributed by atoms with Gasteiger partial charge in [-0.1, -0.05) is 46.2 Å². The Balaban J connectivity index is 2.95. The molecule has 1 aromatic carbocycles. The van der Waals surface area contributed by atoms with Crippen LogP contribution in [0, 0.1) is 11.8 Å². The number of hydrogen-bond donors (Lipinski definition) is 4. The smallest absolute Gasteiger partial charge is 0.246 e. The van der Waals surface area contributed by atoms with E-state index in [9.17, 15) is 19.5 Å². The second-order valence-corrected chi connectivity index (χ2v) is 8.49. The lowest BCUT2D eigenvalue weighted by Crippen LogP contribution is -2.61. The van der Waals surface area contributed by atoms with Crippen LogP contribution in [0.15, 0.2) is 24.3 Å². The lowest BCUT2D eigenvalue weighted by Gasteiger charge is -2.33. The first kappa shape index (κ1) is 24.5. The molecule has 3 atom stereocenters. The highest BCUT2D eigenvalue weighted by molar-refractivity contribution is 5.94. The van der Waals surface area contributed by atoms with E-state index in [0.29, 0.717) is 12.8 Å². The molecule has 0 saturated heterocycles. The average molecular weight is 406 g/mol. The van der Waals surface area contributed by atoms with Crippen LogP contribution in [0.5, 0.6) is 5.75 Å². The monoisotopic (exact) mass is 405 g/mol. The largest absolute Gasteiger partial charge is 0.508 e. The molecule has 1 rings (SSSR count). The van der Waals surface area contributed by atoms with Crippen molar-refractivity contribution >= 4 is 17.7 Å². The second-order valence-electron chi connectivity index (χ2n) is 8.49. The number of phenols is 1. The zero-order valence-corrected chi connectivity index (χ0v) is 18.1. The van der Waals surface area contributed by atoms with Crippen LogP contribution < -0.4 is 16.4 Å². The standard InChI is InChI=1S/C22H35N3O4/c1-6-15(4)11-19(27)25-22(5,13-14(2)3)21(29)24-18(20(23)28)12-16-7-9-17(26)10-8-16/h7-10,14-15,18,26H,6,11-13H2,1-5H3,(H2,23,28)(H,24,29)(H,25,27)/t15?,18-,22?/m0/s1. The molecule has 0 aromatic heterocycles. The van der Waals surface area contributed by atoms with E-state index < -0.39 is 23.4 Å². The third-order valence-corrected chi connectivity index (χ3v) is 4.99. The van der Waals surface area contributed by atoms with E-state index >= 15 is 0 Å². The SMILES string of the molecule is CCC(C)CC(=O)NC(C)(CC(C)C)C(=O)N[C@@H](Cc1ccc(O)cc1)C(N)=O. The lowest BCUT2D eigenvalue weighted by atomic mass is 9.88. The molecule has 0 aliphatic carbocycles. The van der Waals surface area contributed by atoms with Crippen LogP contribution in [-0.2, 0) is 20.8 Å². The summed E-state index contributed by atoms with van der Waals surface area (Å²) in [5, 5.41) is 15.0. The van der Waals surface area contributed by atoms with Gasteiger partial charge in [0.15, 0.2) is 0 Å². The number of carbonyl (C=O) groups excluding carboxylic acids is 3. The second kappa shape index (κ2) is 10.8. The quantitative estimate of drug-likeness (QED) is 0.451. The molecular weight excluding hydrogens is 370 g/mol. The number of amides is 3. The Bertz CT molecular complexity index is 703. The minimum atomic E-state index is -1.15. The highest BCUT2D eigenvalue weighted by Crippen LogP contribution is 2.19. The Morgan fingerprint density at radius 3 is 2.21 bits per heavy atom. The van der Waals surface area contributed by atoms with E-state index in [0.717, 1.165) is 12.0 Å². The summed E-state index contributed by atoms with van der Waals surface area (Å²) < 4.78 is 0. The first-order chi connectivity index (χ1) is 13.5. The third kappa shape index (κ3) is 8.13. The number of benzene rings is 1. The van der Waals surface area contributed by atoms with Crippen molar-refractivity contribution in [2.24, 2.45) is 17.6 Å². The van der Waals surface area contributed by atoms with Crippen LogP contribution in [0.1, 0.15) is 59.4 Å². The molecule has 0 aliphatic rings. The molecule has 0 saturated carbocycles. The molecule has 2 unspecified atom stereocenters. The van der Waals surface area contributed by atoms with Gasteiger partial charge in [-0.05, 0) is 42.9 Å². The van der Waals surface area contributed by atoms with Gasteiger partial charge < -0.3 is 21.5 Å². The van der Waals surface area contributed by atoms with E-state index in [-0.39, 0.29) is 29.9 Å². The van der Waals surface area contributed by atoms with Crippen molar-refractivity contribution in [1.29, 1.82) is 0 Å². The summed E-state index contributed by atoms with van der Waals surface area (Å²) in [5.74, 6) is -0.808. The maximum atomic E-state index is 13.1. The van der Waals surface area contributed by atoms with Crippen molar-refractivity contribution in [2.75, 3.05) is 0 Å². The van der Waals surface area contributed by atoms with E-state index in [1.165, 1.54) is 12.1 Å². The Hall–Kier alpha value is -2.57. The highest BCUT2D eigenvalue weighted by atomic mass is 16.3. The molecule has 0 aliphatic heterocycles. The van der Waals surface area contributed by atoms with E-state index in [1.807, 2.05) is 27.7 Å². The molecule has 1 aromatic rings. The van der Waals surface area contributed by atoms with Crippen LogP contribution in [0.25, 0.3) is 0 Å². The molecule has 7 heteroatoms. The van der Waals surface area contributed by atoms with Crippen LogP contribution in [0.3, 0.4) is 0 Å². The molecule has 3 amide bonds. The maximum absolute atomic E-state index is 13.1. The number of rotatable bonds is 11. The van der Waals surface area contributed by atoms with Gasteiger partial charge in [0.1, 0.15) is 17.3 Å². The molecule has 0 spiro atoms. The number of phenolic OH excluding ortho intramolecular Hbond substituents is 1. The Labute approximate surface area is 173 Å². The number of hydrogen-bond acceptors (Lipinski definition) is 4. The number of nitrogens with two attached hydrogens (primary N) is 1. The predicted octanol–water partition coefficient (Wildman–Crippen LogP) is 2.26. The number of carbonyl (C=O) groups is 3. The summed E-state index contributed by atoms with van der Waals surface area (Å²) >= 11 is 0. The van der Waals surface area contributed by atoms with Gasteiger partial charge in [0.05, 0.1) is 0 Å². The fourth-order valence-electron chi connectivity index (χ4n) is 3.24. The Morgan fingerprint density at radius 2 is 1.72 bits per heavy atom. The van der Waals surface area contributed by atoms with Gasteiger partial charge in [-0.2, -0.15) is 0 Å². The van der Waals surface area contributed by atoms with E-state index in [2.05, 4.69) is 10.6 Å². The normalized spacial score (nSPS) is 15.2. The van der Waals surface area contributed by atoms with Gasteiger partial charge >= 0.3 is 0 Å². The van der Waals surface area contributed by atoms with Crippen molar-refractivity contribution in [3.05, 3.63) is 29.8 Å². The average Bonchev–Trinajstić information content (AvgIpc) is 2.61. The molecule has 0 fully saturated rings. The third-order valence-electron chi connectivity index (χ3n) is 4.99. The van der Waals surface area contributed by atoms with E-state index in [1.54, 1.807) is 19.1 Å². The van der Waals surface area contributed by atoms with Crippen molar-refractivity contribution < 1.29 is 19.5 Å². The van der Waals surface area contributed by atoms with Crippen molar-refractivity contribution in [3.63, 3.8) is 0 Å². The Morgan fingerprint density at radius 1 is 1.14 bits per heavy atom. The predicted molar refractivity (Wildman–Crippen MR) is 113 cm³/mol. The van der Waals surface area contributed by atoms with Crippen LogP contribution in [0.4, 0.5) is 0 Å². The lowest BCUT2D eigenvalue weighted by molar-refractivity contribution is -0.136. The summed E-state index contributed by atoms with van der Waals surface area (Å²) in [6.07, 6.45) is 1.83. The summed E-state index contributed by atoms with van der Waals surface area (Å²) in [7, 11) is 0. The molecule has 0 radical (unpaired) electrons. The van der Waals surface area contributed by atoms with E-state index in [4.69, 9.17) is 5.73 Å². The van der Waals surface area contributed by atoms with Gasteiger partial charge in [-0.3, -0.25) is 14.4 Å². The van der Waals surface area contributed by atoms with Crippen molar-refractivity contribution in [2.45, 2.75) is 71.9 Å². The van der Waals surface area contributed by atoms with Gasteiger partial charge in [-0.25, -0.2) is 0 Å². The molecule has 0 bridgehead atoms. The van der Waals surface area contributed by atoms with Gasteiger partial charge in [0.25, 0.3) is 0 Å². The molecular formula is C22H35N3O4. The van der Waals surface area contributed by atoms with Crippen LogP contribution in [-0.4, -0.2) is 34.4 Å². The molecule has 7 nitrogen and oxygen atoms in total. The fraction of sp³-hybridized carbons (Fsp3) is 0.591. The number of primary amides is 1. The summed E-state index contributed by atoms with van der Waals surface area (Å²) in [4.78, 5) is 37.5. The van der Waals surface area contributed by atoms with Gasteiger partial charge in [0.2, 0.25) is 17.7 Å². The first-order valence-corrected chi connectivity index (χ1v) is 10.2. The summed E-state index contributed by atoms with van der Waals surface area (Å²) in [5.41, 5.74) is 5.10. The minimum Gasteiger partial charge on any atom is -0.508 e. The highest BCUT2D eigenvalue weighted by Gasteiger charge is 2.37. The van der Waals surface area contributed by atoms with Crippen LogP contribution >= 0.6 is 0 Å².